The predicted molar refractivity (Wildman–Crippen MR) is 64.8 cm³/mol. The molecule has 0 aliphatic heterocycles. The van der Waals surface area contributed by atoms with Gasteiger partial charge in [0.2, 0.25) is 0 Å². The van der Waals surface area contributed by atoms with E-state index in [1.54, 1.807) is 0 Å². The van der Waals surface area contributed by atoms with Crippen molar-refractivity contribution in [3.8, 4) is 5.69 Å². The summed E-state index contributed by atoms with van der Waals surface area (Å²) in [6, 6.07) is 4.64. The highest BCUT2D eigenvalue weighted by molar-refractivity contribution is 6.17. The van der Waals surface area contributed by atoms with Gasteiger partial charge in [-0.3, -0.25) is 10.1 Å². The minimum Gasteiger partial charge on any atom is -0.258 e. The summed E-state index contributed by atoms with van der Waals surface area (Å²) in [4.78, 5) is 10.1. The van der Waals surface area contributed by atoms with Crippen molar-refractivity contribution in [1.29, 1.82) is 0 Å². The fraction of sp³-hybridized carbons (Fsp3) is 0.182. The molecule has 0 amide bonds. The van der Waals surface area contributed by atoms with E-state index in [1.807, 2.05) is 0 Å². The van der Waals surface area contributed by atoms with Gasteiger partial charge in [0.25, 0.3) is 5.69 Å². The minimum absolute atomic E-state index is 0.127. The number of rotatable bonds is 3. The molecule has 0 unspecified atom stereocenters. The van der Waals surface area contributed by atoms with Crippen LogP contribution < -0.4 is 0 Å². The average Bonchev–Trinajstić information content (AvgIpc) is 2.87. The molecule has 5 nitrogen and oxygen atoms in total. The van der Waals surface area contributed by atoms with Crippen LogP contribution in [0.2, 0.25) is 0 Å². The van der Waals surface area contributed by atoms with Crippen molar-refractivity contribution in [1.82, 2.24) is 9.78 Å². The molecule has 2 rings (SSSR count). The van der Waals surface area contributed by atoms with Gasteiger partial charge in [0.15, 0.2) is 5.69 Å². The van der Waals surface area contributed by atoms with E-state index in [9.17, 15) is 23.3 Å². The first-order valence-electron chi connectivity index (χ1n) is 5.29. The molecule has 20 heavy (non-hydrogen) atoms. The predicted octanol–water partition coefficient (Wildman–Crippen LogP) is 3.54. The lowest BCUT2D eigenvalue weighted by molar-refractivity contribution is -0.385. The summed E-state index contributed by atoms with van der Waals surface area (Å²) in [5, 5.41) is 14.1. The van der Waals surface area contributed by atoms with Crippen LogP contribution in [-0.2, 0) is 12.1 Å². The third-order valence-electron chi connectivity index (χ3n) is 2.55. The second kappa shape index (κ2) is 5.12. The number of nitro benzene ring substituents is 1. The van der Waals surface area contributed by atoms with Crippen molar-refractivity contribution in [3.63, 3.8) is 0 Å². The summed E-state index contributed by atoms with van der Waals surface area (Å²) in [6.07, 6.45) is -3.41. The first kappa shape index (κ1) is 14.3. The Balaban J connectivity index is 2.43. The largest absolute Gasteiger partial charge is 0.435 e. The number of hydrogen-bond donors (Lipinski definition) is 0. The zero-order valence-corrected chi connectivity index (χ0v) is 10.5. The molecule has 0 radical (unpaired) electrons. The van der Waals surface area contributed by atoms with Gasteiger partial charge in [-0.05, 0) is 18.2 Å². The molecule has 0 saturated carbocycles. The van der Waals surface area contributed by atoms with E-state index in [4.69, 9.17) is 11.6 Å². The summed E-state index contributed by atoms with van der Waals surface area (Å²) in [6.45, 7) is 0. The molecule has 0 saturated heterocycles. The number of halogens is 4. The Morgan fingerprint density at radius 2 is 2.05 bits per heavy atom. The van der Waals surface area contributed by atoms with Crippen molar-refractivity contribution in [2.24, 2.45) is 0 Å². The number of benzene rings is 1. The number of aromatic nitrogens is 2. The van der Waals surface area contributed by atoms with E-state index in [0.29, 0.717) is 0 Å². The zero-order chi connectivity index (χ0) is 14.9. The highest BCUT2D eigenvalue weighted by Crippen LogP contribution is 2.29. The molecule has 0 bridgehead atoms. The Hall–Kier alpha value is -2.09. The molecule has 0 aliphatic carbocycles. The zero-order valence-electron chi connectivity index (χ0n) is 9.76. The van der Waals surface area contributed by atoms with Crippen molar-refractivity contribution in [2.75, 3.05) is 0 Å². The van der Waals surface area contributed by atoms with E-state index < -0.39 is 16.8 Å². The molecule has 106 valence electrons. The lowest BCUT2D eigenvalue weighted by atomic mass is 10.2. The van der Waals surface area contributed by atoms with E-state index in [2.05, 4.69) is 5.10 Å². The van der Waals surface area contributed by atoms with Crippen molar-refractivity contribution >= 4 is 17.3 Å². The van der Waals surface area contributed by atoms with Crippen molar-refractivity contribution in [3.05, 3.63) is 51.8 Å². The summed E-state index contributed by atoms with van der Waals surface area (Å²) in [7, 11) is 0. The Bertz CT molecular complexity index is 655. The van der Waals surface area contributed by atoms with Gasteiger partial charge in [0, 0.05) is 17.8 Å². The van der Waals surface area contributed by atoms with E-state index in [1.165, 1.54) is 18.2 Å². The summed E-state index contributed by atoms with van der Waals surface area (Å²) in [5.74, 6) is -0.127. The summed E-state index contributed by atoms with van der Waals surface area (Å²) < 4.78 is 38.3. The highest BCUT2D eigenvalue weighted by Gasteiger charge is 2.33. The van der Waals surface area contributed by atoms with Gasteiger partial charge in [-0.15, -0.1) is 11.6 Å². The second-order valence-electron chi connectivity index (χ2n) is 3.85. The van der Waals surface area contributed by atoms with Crippen LogP contribution in [0.1, 0.15) is 11.3 Å². The quantitative estimate of drug-likeness (QED) is 0.495. The maximum Gasteiger partial charge on any atom is 0.435 e. The SMILES string of the molecule is O=[N+]([O-])c1ccc(-n2ccc(C(F)(F)F)n2)cc1CCl. The van der Waals surface area contributed by atoms with Gasteiger partial charge in [0.05, 0.1) is 16.5 Å². The molecule has 1 aromatic heterocycles. The lowest BCUT2D eigenvalue weighted by Gasteiger charge is -2.05. The number of alkyl halides is 4. The summed E-state index contributed by atoms with van der Waals surface area (Å²) >= 11 is 5.60. The van der Waals surface area contributed by atoms with Crippen LogP contribution in [0.25, 0.3) is 5.69 Å². The van der Waals surface area contributed by atoms with Crippen LogP contribution in [0, 0.1) is 10.1 Å². The third-order valence-corrected chi connectivity index (χ3v) is 2.84. The molecular weight excluding hydrogens is 299 g/mol. The van der Waals surface area contributed by atoms with Crippen LogP contribution in [0.15, 0.2) is 30.5 Å². The van der Waals surface area contributed by atoms with Gasteiger partial charge >= 0.3 is 6.18 Å². The van der Waals surface area contributed by atoms with E-state index >= 15 is 0 Å². The molecule has 1 aromatic carbocycles. The topological polar surface area (TPSA) is 61.0 Å². The second-order valence-corrected chi connectivity index (χ2v) is 4.11. The molecule has 2 aromatic rings. The number of nitro groups is 1. The number of nitrogens with zero attached hydrogens (tertiary/aromatic N) is 3. The molecule has 0 aliphatic rings. The van der Waals surface area contributed by atoms with E-state index in [-0.39, 0.29) is 22.8 Å². The molecule has 0 fully saturated rings. The van der Waals surface area contributed by atoms with Crippen LogP contribution >= 0.6 is 11.6 Å². The molecule has 0 N–H and O–H groups in total. The molecule has 1 heterocycles. The molecule has 0 spiro atoms. The third kappa shape index (κ3) is 2.74. The standard InChI is InChI=1S/C11H7ClF3N3O2/c12-6-7-5-8(1-2-9(7)18(19)20)17-4-3-10(16-17)11(13,14)15/h1-5H,6H2. The van der Waals surface area contributed by atoms with Crippen LogP contribution in [-0.4, -0.2) is 14.7 Å². The minimum atomic E-state index is -4.54. The van der Waals surface area contributed by atoms with E-state index in [0.717, 1.165) is 16.9 Å². The first-order valence-corrected chi connectivity index (χ1v) is 5.83. The fourth-order valence-electron chi connectivity index (χ4n) is 1.62. The fourth-order valence-corrected chi connectivity index (χ4v) is 1.83. The Morgan fingerprint density at radius 3 is 2.55 bits per heavy atom. The normalized spacial score (nSPS) is 11.6. The van der Waals surface area contributed by atoms with Gasteiger partial charge in [-0.25, -0.2) is 4.68 Å². The molecular formula is C11H7ClF3N3O2. The smallest absolute Gasteiger partial charge is 0.258 e. The number of hydrogen-bond acceptors (Lipinski definition) is 3. The lowest BCUT2D eigenvalue weighted by Crippen LogP contribution is -2.07. The van der Waals surface area contributed by atoms with Crippen LogP contribution in [0.3, 0.4) is 0 Å². The van der Waals surface area contributed by atoms with Crippen LogP contribution in [0.5, 0.6) is 0 Å². The van der Waals surface area contributed by atoms with Gasteiger partial charge in [-0.1, -0.05) is 0 Å². The summed E-state index contributed by atoms with van der Waals surface area (Å²) in [5.41, 5.74) is -0.754. The highest BCUT2D eigenvalue weighted by atomic mass is 35.5. The maximum absolute atomic E-state index is 12.4. The van der Waals surface area contributed by atoms with Gasteiger partial charge < -0.3 is 0 Å². The molecule has 0 atom stereocenters. The Morgan fingerprint density at radius 1 is 1.35 bits per heavy atom. The Kier molecular flexibility index (Phi) is 3.67. The first-order chi connectivity index (χ1) is 9.32. The van der Waals surface area contributed by atoms with Crippen LogP contribution in [0.4, 0.5) is 18.9 Å². The monoisotopic (exact) mass is 305 g/mol. The average molecular weight is 306 g/mol. The molecule has 9 heteroatoms. The van der Waals surface area contributed by atoms with Gasteiger partial charge in [-0.2, -0.15) is 18.3 Å². The van der Waals surface area contributed by atoms with Crippen molar-refractivity contribution in [2.45, 2.75) is 12.1 Å². The van der Waals surface area contributed by atoms with Crippen molar-refractivity contribution < 1.29 is 18.1 Å². The Labute approximate surface area is 115 Å². The van der Waals surface area contributed by atoms with Gasteiger partial charge in [0.1, 0.15) is 0 Å². The maximum atomic E-state index is 12.4.